The lowest BCUT2D eigenvalue weighted by Gasteiger charge is -2.07. The number of nitrogens with one attached hydrogen (secondary N) is 1. The lowest BCUT2D eigenvalue weighted by molar-refractivity contribution is -0.385. The van der Waals surface area contributed by atoms with Crippen LogP contribution in [0, 0.1) is 10.1 Å². The number of carbonyl (C=O) groups is 1. The average Bonchev–Trinajstić information content (AvgIpc) is 2.47. The molecule has 0 spiro atoms. The number of nitro benzene ring substituents is 1. The second kappa shape index (κ2) is 8.94. The minimum absolute atomic E-state index is 0.182. The van der Waals surface area contributed by atoms with Crippen molar-refractivity contribution in [3.63, 3.8) is 0 Å². The number of unbranched alkanes of at least 4 members (excludes halogenated alkanes) is 3. The molecule has 1 aromatic carbocycles. The number of carbonyl (C=O) groups excluding carboxylic acids is 1. The molecule has 0 heterocycles. The fourth-order valence-electron chi connectivity index (χ4n) is 1.93. The van der Waals surface area contributed by atoms with E-state index in [9.17, 15) is 14.9 Å². The van der Waals surface area contributed by atoms with Crippen LogP contribution in [-0.4, -0.2) is 24.0 Å². The Morgan fingerprint density at radius 3 is 2.67 bits per heavy atom. The standard InChI is InChI=1S/C15H22N2O4/c1-3-5-6-7-10-16-15(18)12-8-9-14(21-4-2)13(11-12)17(19)20/h8-9,11H,3-7,10H2,1-2H3,(H,16,18). The van der Waals surface area contributed by atoms with E-state index in [0.717, 1.165) is 25.7 Å². The Bertz CT molecular complexity index is 489. The van der Waals surface area contributed by atoms with Gasteiger partial charge >= 0.3 is 5.69 Å². The van der Waals surface area contributed by atoms with Gasteiger partial charge in [-0.1, -0.05) is 26.2 Å². The number of nitro groups is 1. The molecule has 0 atom stereocenters. The molecule has 0 aromatic heterocycles. The van der Waals surface area contributed by atoms with E-state index in [2.05, 4.69) is 12.2 Å². The third-order valence-corrected chi connectivity index (χ3v) is 3.03. The molecule has 0 unspecified atom stereocenters. The molecule has 21 heavy (non-hydrogen) atoms. The summed E-state index contributed by atoms with van der Waals surface area (Å²) in [5.41, 5.74) is 0.0936. The summed E-state index contributed by atoms with van der Waals surface area (Å²) in [7, 11) is 0. The number of hydrogen-bond acceptors (Lipinski definition) is 4. The molecule has 0 saturated heterocycles. The molecule has 0 bridgehead atoms. The highest BCUT2D eigenvalue weighted by atomic mass is 16.6. The summed E-state index contributed by atoms with van der Waals surface area (Å²) in [6.07, 6.45) is 4.27. The van der Waals surface area contributed by atoms with E-state index in [4.69, 9.17) is 4.74 Å². The van der Waals surface area contributed by atoms with Crippen molar-refractivity contribution in [1.82, 2.24) is 5.32 Å². The summed E-state index contributed by atoms with van der Waals surface area (Å²) in [6.45, 7) is 4.79. The third-order valence-electron chi connectivity index (χ3n) is 3.03. The Hall–Kier alpha value is -2.11. The topological polar surface area (TPSA) is 81.5 Å². The maximum atomic E-state index is 11.9. The van der Waals surface area contributed by atoms with Crippen molar-refractivity contribution in [3.8, 4) is 5.75 Å². The predicted molar refractivity (Wildman–Crippen MR) is 80.7 cm³/mol. The summed E-state index contributed by atoms with van der Waals surface area (Å²) < 4.78 is 5.19. The van der Waals surface area contributed by atoms with E-state index in [-0.39, 0.29) is 22.9 Å². The van der Waals surface area contributed by atoms with Gasteiger partial charge in [-0.2, -0.15) is 0 Å². The van der Waals surface area contributed by atoms with Gasteiger partial charge in [0.2, 0.25) is 0 Å². The molecule has 1 amide bonds. The second-order valence-electron chi connectivity index (χ2n) is 4.69. The Balaban J connectivity index is 2.67. The molecule has 1 N–H and O–H groups in total. The number of hydrogen-bond donors (Lipinski definition) is 1. The van der Waals surface area contributed by atoms with Gasteiger partial charge in [-0.25, -0.2) is 0 Å². The first kappa shape index (κ1) is 16.9. The molecule has 1 rings (SSSR count). The van der Waals surface area contributed by atoms with Gasteiger partial charge < -0.3 is 10.1 Å². The Kier molecular flexibility index (Phi) is 7.21. The summed E-state index contributed by atoms with van der Waals surface area (Å²) in [5, 5.41) is 13.8. The fraction of sp³-hybridized carbons (Fsp3) is 0.533. The summed E-state index contributed by atoms with van der Waals surface area (Å²) in [4.78, 5) is 22.4. The van der Waals surface area contributed by atoms with Crippen LogP contribution in [0.15, 0.2) is 18.2 Å². The highest BCUT2D eigenvalue weighted by molar-refractivity contribution is 5.95. The van der Waals surface area contributed by atoms with Crippen molar-refractivity contribution in [1.29, 1.82) is 0 Å². The van der Waals surface area contributed by atoms with Crippen molar-refractivity contribution in [2.75, 3.05) is 13.2 Å². The summed E-state index contributed by atoms with van der Waals surface area (Å²) in [5.74, 6) is -0.111. The molecule has 6 heteroatoms. The van der Waals surface area contributed by atoms with Crippen LogP contribution in [0.25, 0.3) is 0 Å². The first-order valence-corrected chi connectivity index (χ1v) is 7.29. The molecule has 0 aliphatic carbocycles. The van der Waals surface area contributed by atoms with Crippen LogP contribution in [-0.2, 0) is 0 Å². The molecule has 0 saturated carbocycles. The van der Waals surface area contributed by atoms with Gasteiger partial charge in [-0.05, 0) is 25.5 Å². The first-order valence-electron chi connectivity index (χ1n) is 7.29. The SMILES string of the molecule is CCCCCCNC(=O)c1ccc(OCC)c([N+](=O)[O-])c1. The molecule has 1 aromatic rings. The lowest BCUT2D eigenvalue weighted by Crippen LogP contribution is -2.24. The number of ether oxygens (including phenoxy) is 1. The summed E-state index contributed by atoms with van der Waals surface area (Å²) in [6, 6.07) is 4.26. The van der Waals surface area contributed by atoms with E-state index >= 15 is 0 Å². The van der Waals surface area contributed by atoms with Crippen molar-refractivity contribution >= 4 is 11.6 Å². The highest BCUT2D eigenvalue weighted by Gasteiger charge is 2.18. The number of rotatable bonds is 9. The number of amides is 1. The van der Waals surface area contributed by atoms with E-state index in [1.165, 1.54) is 12.1 Å². The van der Waals surface area contributed by atoms with Crippen LogP contribution in [0.4, 0.5) is 5.69 Å². The van der Waals surface area contributed by atoms with Gasteiger partial charge in [0.25, 0.3) is 5.91 Å². The quantitative estimate of drug-likeness (QED) is 0.430. The largest absolute Gasteiger partial charge is 0.487 e. The highest BCUT2D eigenvalue weighted by Crippen LogP contribution is 2.27. The van der Waals surface area contributed by atoms with E-state index in [1.54, 1.807) is 13.0 Å². The van der Waals surface area contributed by atoms with Gasteiger partial charge in [0, 0.05) is 18.2 Å². The minimum Gasteiger partial charge on any atom is -0.487 e. The molecule has 0 aliphatic heterocycles. The summed E-state index contributed by atoms with van der Waals surface area (Å²) >= 11 is 0. The Morgan fingerprint density at radius 2 is 2.05 bits per heavy atom. The van der Waals surface area contributed by atoms with Crippen molar-refractivity contribution in [3.05, 3.63) is 33.9 Å². The van der Waals surface area contributed by atoms with Crippen LogP contribution in [0.5, 0.6) is 5.75 Å². The minimum atomic E-state index is -0.539. The normalized spacial score (nSPS) is 10.2. The van der Waals surface area contributed by atoms with Gasteiger partial charge in [0.1, 0.15) is 0 Å². The van der Waals surface area contributed by atoms with Crippen LogP contribution < -0.4 is 10.1 Å². The van der Waals surface area contributed by atoms with Gasteiger partial charge in [0.15, 0.2) is 5.75 Å². The van der Waals surface area contributed by atoms with Crippen molar-refractivity contribution < 1.29 is 14.5 Å². The van der Waals surface area contributed by atoms with Crippen molar-refractivity contribution in [2.45, 2.75) is 39.5 Å². The zero-order valence-corrected chi connectivity index (χ0v) is 12.6. The number of nitrogens with zero attached hydrogens (tertiary/aromatic N) is 1. The van der Waals surface area contributed by atoms with E-state index in [1.807, 2.05) is 0 Å². The monoisotopic (exact) mass is 294 g/mol. The maximum absolute atomic E-state index is 11.9. The van der Waals surface area contributed by atoms with Gasteiger partial charge in [-0.15, -0.1) is 0 Å². The predicted octanol–water partition coefficient (Wildman–Crippen LogP) is 3.30. The second-order valence-corrected chi connectivity index (χ2v) is 4.69. The van der Waals surface area contributed by atoms with Crippen LogP contribution in [0.2, 0.25) is 0 Å². The molecule has 6 nitrogen and oxygen atoms in total. The fourth-order valence-corrected chi connectivity index (χ4v) is 1.93. The molecule has 0 fully saturated rings. The Morgan fingerprint density at radius 1 is 1.29 bits per heavy atom. The molecule has 0 aliphatic rings. The third kappa shape index (κ3) is 5.41. The number of benzene rings is 1. The zero-order chi connectivity index (χ0) is 15.7. The van der Waals surface area contributed by atoms with E-state index in [0.29, 0.717) is 13.2 Å². The van der Waals surface area contributed by atoms with Gasteiger partial charge in [-0.3, -0.25) is 14.9 Å². The average molecular weight is 294 g/mol. The molecule has 0 radical (unpaired) electrons. The molecular weight excluding hydrogens is 272 g/mol. The molecule has 116 valence electrons. The van der Waals surface area contributed by atoms with E-state index < -0.39 is 4.92 Å². The zero-order valence-electron chi connectivity index (χ0n) is 12.6. The van der Waals surface area contributed by atoms with Gasteiger partial charge in [0.05, 0.1) is 11.5 Å². The Labute approximate surface area is 124 Å². The van der Waals surface area contributed by atoms with Crippen LogP contribution in [0.1, 0.15) is 49.9 Å². The van der Waals surface area contributed by atoms with Crippen molar-refractivity contribution in [2.24, 2.45) is 0 Å². The van der Waals surface area contributed by atoms with Crippen LogP contribution in [0.3, 0.4) is 0 Å². The first-order chi connectivity index (χ1) is 10.1. The maximum Gasteiger partial charge on any atom is 0.311 e. The smallest absolute Gasteiger partial charge is 0.311 e. The van der Waals surface area contributed by atoms with Crippen LogP contribution >= 0.6 is 0 Å². The molecular formula is C15H22N2O4. The lowest BCUT2D eigenvalue weighted by atomic mass is 10.1.